The van der Waals surface area contributed by atoms with Crippen molar-refractivity contribution in [1.82, 2.24) is 19.4 Å². The average molecular weight is 375 g/mol. The normalized spacial score (nSPS) is 16.1. The third-order valence-electron chi connectivity index (χ3n) is 4.86. The third kappa shape index (κ3) is 3.93. The molecule has 1 fully saturated rings. The molecule has 3 heterocycles. The smallest absolute Gasteiger partial charge is 0.247 e. The molecule has 0 bridgehead atoms. The van der Waals surface area contributed by atoms with Crippen LogP contribution in [0.3, 0.4) is 0 Å². The maximum absolute atomic E-state index is 12.7. The van der Waals surface area contributed by atoms with Crippen molar-refractivity contribution in [3.05, 3.63) is 72.9 Å². The molecule has 2 amide bonds. The van der Waals surface area contributed by atoms with Crippen LogP contribution in [0.2, 0.25) is 0 Å². The fraction of sp³-hybridized carbons (Fsp3) is 0.238. The van der Waals surface area contributed by atoms with E-state index in [1.54, 1.807) is 40.5 Å². The first-order valence-electron chi connectivity index (χ1n) is 9.29. The van der Waals surface area contributed by atoms with E-state index in [9.17, 15) is 9.59 Å². The van der Waals surface area contributed by atoms with Crippen molar-refractivity contribution < 1.29 is 9.59 Å². The Morgan fingerprint density at radius 2 is 2.00 bits per heavy atom. The molecule has 0 radical (unpaired) electrons. The predicted octanol–water partition coefficient (Wildman–Crippen LogP) is 2.44. The molecule has 7 nitrogen and oxygen atoms in total. The number of amides is 2. The van der Waals surface area contributed by atoms with E-state index in [1.165, 1.54) is 0 Å². The highest BCUT2D eigenvalue weighted by atomic mass is 16.2. The van der Waals surface area contributed by atoms with Gasteiger partial charge in [0.1, 0.15) is 18.2 Å². The summed E-state index contributed by atoms with van der Waals surface area (Å²) in [6.07, 6.45) is 8.57. The van der Waals surface area contributed by atoms with Gasteiger partial charge in [-0.05, 0) is 30.5 Å². The molecular formula is C21H21N5O2. The number of anilines is 1. The minimum atomic E-state index is -0.440. The Bertz CT molecular complexity index is 939. The average Bonchev–Trinajstić information content (AvgIpc) is 3.41. The van der Waals surface area contributed by atoms with Crippen molar-refractivity contribution in [1.29, 1.82) is 0 Å². The number of rotatable bonds is 5. The largest absolute Gasteiger partial charge is 0.330 e. The maximum atomic E-state index is 12.7. The number of aromatic nitrogens is 3. The van der Waals surface area contributed by atoms with Crippen molar-refractivity contribution in [2.24, 2.45) is 0 Å². The second-order valence-corrected chi connectivity index (χ2v) is 6.77. The molecule has 28 heavy (non-hydrogen) atoms. The van der Waals surface area contributed by atoms with Gasteiger partial charge in [0.15, 0.2) is 0 Å². The molecule has 1 saturated heterocycles. The number of hydrogen-bond donors (Lipinski definition) is 1. The second-order valence-electron chi connectivity index (χ2n) is 6.77. The lowest BCUT2D eigenvalue weighted by Gasteiger charge is -2.24. The van der Waals surface area contributed by atoms with E-state index in [2.05, 4.69) is 15.3 Å². The van der Waals surface area contributed by atoms with Gasteiger partial charge in [0.2, 0.25) is 11.8 Å². The molecule has 0 saturated carbocycles. The van der Waals surface area contributed by atoms with Gasteiger partial charge < -0.3 is 10.2 Å². The molecule has 1 N–H and O–H groups in total. The van der Waals surface area contributed by atoms with Gasteiger partial charge in [0.05, 0.1) is 18.3 Å². The number of carbonyl (C=O) groups excluding carboxylic acids is 2. The molecule has 3 aromatic rings. The summed E-state index contributed by atoms with van der Waals surface area (Å²) in [6, 6.07) is 12.8. The molecule has 2 aromatic heterocycles. The number of carbonyl (C=O) groups is 2. The van der Waals surface area contributed by atoms with Crippen LogP contribution in [0.4, 0.5) is 5.69 Å². The summed E-state index contributed by atoms with van der Waals surface area (Å²) in [6.45, 7) is 0.613. The lowest BCUT2D eigenvalue weighted by atomic mass is 10.1. The van der Waals surface area contributed by atoms with Crippen LogP contribution in [-0.2, 0) is 16.0 Å². The van der Waals surface area contributed by atoms with E-state index in [1.807, 2.05) is 36.4 Å². The zero-order valence-corrected chi connectivity index (χ0v) is 15.4. The van der Waals surface area contributed by atoms with Crippen LogP contribution >= 0.6 is 0 Å². The Morgan fingerprint density at radius 1 is 1.14 bits per heavy atom. The summed E-state index contributed by atoms with van der Waals surface area (Å²) in [5.74, 6) is 0.532. The van der Waals surface area contributed by atoms with Gasteiger partial charge in [-0.2, -0.15) is 0 Å². The minimum absolute atomic E-state index is 0.0163. The lowest BCUT2D eigenvalue weighted by molar-refractivity contribution is -0.136. The fourth-order valence-electron chi connectivity index (χ4n) is 3.44. The van der Waals surface area contributed by atoms with E-state index in [4.69, 9.17) is 0 Å². The zero-order valence-electron chi connectivity index (χ0n) is 15.4. The van der Waals surface area contributed by atoms with E-state index < -0.39 is 6.04 Å². The highest BCUT2D eigenvalue weighted by Crippen LogP contribution is 2.21. The number of hydrogen-bond acceptors (Lipinski definition) is 4. The Balaban J connectivity index is 1.40. The van der Waals surface area contributed by atoms with Crippen LogP contribution in [0.15, 0.2) is 67.4 Å². The van der Waals surface area contributed by atoms with Crippen LogP contribution in [0.25, 0.3) is 5.82 Å². The van der Waals surface area contributed by atoms with Crippen LogP contribution in [0.5, 0.6) is 0 Å². The first-order chi connectivity index (χ1) is 13.7. The molecule has 1 atom stereocenters. The Labute approximate surface area is 163 Å². The SMILES string of the molecule is O=C(Nc1ccc(-n2ccnc2)nc1)C1CCCN1C(=O)Cc1ccccc1. The first-order valence-corrected chi connectivity index (χ1v) is 9.29. The number of benzene rings is 1. The standard InChI is InChI=1S/C21H21N5O2/c27-20(13-16-5-2-1-3-6-16)26-11-4-7-18(26)21(28)24-17-8-9-19(23-14-17)25-12-10-22-15-25/h1-3,5-6,8-10,12,14-15,18H,4,7,11,13H2,(H,24,28). The Hall–Kier alpha value is -3.48. The van der Waals surface area contributed by atoms with Crippen LogP contribution < -0.4 is 5.32 Å². The van der Waals surface area contributed by atoms with Gasteiger partial charge in [0, 0.05) is 18.9 Å². The lowest BCUT2D eigenvalue weighted by Crippen LogP contribution is -2.43. The van der Waals surface area contributed by atoms with Crippen molar-refractivity contribution in [2.75, 3.05) is 11.9 Å². The van der Waals surface area contributed by atoms with Gasteiger partial charge in [-0.25, -0.2) is 9.97 Å². The van der Waals surface area contributed by atoms with Gasteiger partial charge >= 0.3 is 0 Å². The molecule has 1 unspecified atom stereocenters. The number of likely N-dealkylation sites (tertiary alicyclic amines) is 1. The molecule has 142 valence electrons. The second kappa shape index (κ2) is 8.04. The van der Waals surface area contributed by atoms with E-state index in [-0.39, 0.29) is 11.8 Å². The highest BCUT2D eigenvalue weighted by molar-refractivity contribution is 5.97. The van der Waals surface area contributed by atoms with Gasteiger partial charge in [-0.15, -0.1) is 0 Å². The van der Waals surface area contributed by atoms with Crippen molar-refractivity contribution >= 4 is 17.5 Å². The zero-order chi connectivity index (χ0) is 19.3. The van der Waals surface area contributed by atoms with Crippen molar-refractivity contribution in [3.63, 3.8) is 0 Å². The summed E-state index contributed by atoms with van der Waals surface area (Å²) in [5, 5.41) is 2.88. The van der Waals surface area contributed by atoms with Crippen molar-refractivity contribution in [2.45, 2.75) is 25.3 Å². The molecule has 7 heteroatoms. The summed E-state index contributed by atoms with van der Waals surface area (Å²) in [5.41, 5.74) is 1.56. The molecule has 0 aliphatic carbocycles. The van der Waals surface area contributed by atoms with Gasteiger partial charge in [-0.1, -0.05) is 30.3 Å². The topological polar surface area (TPSA) is 80.1 Å². The van der Waals surface area contributed by atoms with E-state index in [0.29, 0.717) is 25.1 Å². The number of pyridine rings is 1. The summed E-state index contributed by atoms with van der Waals surface area (Å²) < 4.78 is 1.78. The quantitative estimate of drug-likeness (QED) is 0.743. The van der Waals surface area contributed by atoms with Crippen molar-refractivity contribution in [3.8, 4) is 5.82 Å². The van der Waals surface area contributed by atoms with Crippen LogP contribution in [0, 0.1) is 0 Å². The third-order valence-corrected chi connectivity index (χ3v) is 4.86. The summed E-state index contributed by atoms with van der Waals surface area (Å²) in [4.78, 5) is 35.5. The molecule has 4 rings (SSSR count). The molecule has 1 aliphatic rings. The summed E-state index contributed by atoms with van der Waals surface area (Å²) >= 11 is 0. The maximum Gasteiger partial charge on any atom is 0.247 e. The van der Waals surface area contributed by atoms with Gasteiger partial charge in [0.25, 0.3) is 0 Å². The minimum Gasteiger partial charge on any atom is -0.330 e. The Kier molecular flexibility index (Phi) is 5.14. The van der Waals surface area contributed by atoms with Crippen LogP contribution in [-0.4, -0.2) is 43.8 Å². The molecule has 0 spiro atoms. The molecular weight excluding hydrogens is 354 g/mol. The van der Waals surface area contributed by atoms with Crippen LogP contribution in [0.1, 0.15) is 18.4 Å². The number of nitrogens with zero attached hydrogens (tertiary/aromatic N) is 4. The fourth-order valence-corrected chi connectivity index (χ4v) is 3.44. The predicted molar refractivity (Wildman–Crippen MR) is 105 cm³/mol. The number of imidazole rings is 1. The number of nitrogens with one attached hydrogen (secondary N) is 1. The highest BCUT2D eigenvalue weighted by Gasteiger charge is 2.33. The Morgan fingerprint density at radius 3 is 2.71 bits per heavy atom. The first kappa shape index (κ1) is 17.9. The van der Waals surface area contributed by atoms with Gasteiger partial charge in [-0.3, -0.25) is 14.2 Å². The summed E-state index contributed by atoms with van der Waals surface area (Å²) in [7, 11) is 0. The molecule has 1 aliphatic heterocycles. The van der Waals surface area contributed by atoms with E-state index in [0.717, 1.165) is 17.8 Å². The molecule has 1 aromatic carbocycles. The van der Waals surface area contributed by atoms with E-state index >= 15 is 0 Å². The monoisotopic (exact) mass is 375 g/mol.